The van der Waals surface area contributed by atoms with Crippen LogP contribution in [0.1, 0.15) is 46.5 Å². The predicted octanol–water partition coefficient (Wildman–Crippen LogP) is 5.30. The smallest absolute Gasteiger partial charge is 0.293 e. The predicted molar refractivity (Wildman–Crippen MR) is 77.9 cm³/mol. The highest BCUT2D eigenvalue weighted by atomic mass is 31.2. The minimum Gasteiger partial charge on any atom is -0.293 e. The lowest BCUT2D eigenvalue weighted by Crippen LogP contribution is -2.63. The van der Waals surface area contributed by atoms with Crippen molar-refractivity contribution in [3.63, 3.8) is 0 Å². The first-order valence-corrected chi connectivity index (χ1v) is 9.50. The summed E-state index contributed by atoms with van der Waals surface area (Å²) in [5.74, 6) is 0. The molecular formula is C14H22F6NO3P. The number of piperidine rings is 1. The Morgan fingerprint density at radius 2 is 1.44 bits per heavy atom. The maximum absolute atomic E-state index is 13.5. The van der Waals surface area contributed by atoms with Crippen LogP contribution in [0.5, 0.6) is 0 Å². The van der Waals surface area contributed by atoms with E-state index in [9.17, 15) is 30.9 Å². The quantitative estimate of drug-likeness (QED) is 0.445. The van der Waals surface area contributed by atoms with Crippen LogP contribution < -0.4 is 0 Å². The van der Waals surface area contributed by atoms with Crippen LogP contribution in [-0.4, -0.2) is 41.8 Å². The van der Waals surface area contributed by atoms with Crippen molar-refractivity contribution in [2.24, 2.45) is 5.41 Å². The molecule has 0 aliphatic carbocycles. The molecule has 0 aromatic carbocycles. The number of rotatable bonds is 1. The number of alkyl halides is 6. The first-order chi connectivity index (χ1) is 11.1. The molecule has 0 aromatic heterocycles. The van der Waals surface area contributed by atoms with E-state index in [0.29, 0.717) is 12.8 Å². The monoisotopic (exact) mass is 397 g/mol. The van der Waals surface area contributed by atoms with Crippen LogP contribution in [0, 0.1) is 5.41 Å². The second-order valence-corrected chi connectivity index (χ2v) is 9.46. The molecule has 2 atom stereocenters. The molecule has 0 unspecified atom stereocenters. The molecule has 2 aliphatic heterocycles. The minimum atomic E-state index is -5.77. The molecule has 0 N–H and O–H groups in total. The normalized spacial score (nSPS) is 32.6. The van der Waals surface area contributed by atoms with Crippen molar-refractivity contribution >= 4 is 7.75 Å². The molecular weight excluding hydrogens is 375 g/mol. The molecule has 0 radical (unpaired) electrons. The highest BCUT2D eigenvalue weighted by Gasteiger charge is 2.77. The van der Waals surface area contributed by atoms with Crippen molar-refractivity contribution in [3.05, 3.63) is 0 Å². The van der Waals surface area contributed by atoms with Gasteiger partial charge >= 0.3 is 20.1 Å². The SMILES string of the molecule is CC(C)(C)[C@@H]1CC(C(F)(F)F)(C(F)(F)F)O[P@@](=O)(N2CCCCC2)O1. The summed E-state index contributed by atoms with van der Waals surface area (Å²) in [5, 5.41) is 0. The zero-order valence-electron chi connectivity index (χ0n) is 14.2. The lowest BCUT2D eigenvalue weighted by atomic mass is 9.81. The highest BCUT2D eigenvalue weighted by Crippen LogP contribution is 2.68. The summed E-state index contributed by atoms with van der Waals surface area (Å²) in [5.41, 5.74) is -5.60. The van der Waals surface area contributed by atoms with Gasteiger partial charge in [0.1, 0.15) is 0 Å². The fourth-order valence-electron chi connectivity index (χ4n) is 2.92. The first-order valence-electron chi connectivity index (χ1n) is 8.00. The zero-order valence-corrected chi connectivity index (χ0v) is 15.1. The number of halogens is 6. The van der Waals surface area contributed by atoms with Crippen LogP contribution in [-0.2, 0) is 13.6 Å². The van der Waals surface area contributed by atoms with E-state index in [-0.39, 0.29) is 13.1 Å². The van der Waals surface area contributed by atoms with Gasteiger partial charge in [-0.1, -0.05) is 27.2 Å². The molecule has 2 fully saturated rings. The van der Waals surface area contributed by atoms with Crippen molar-refractivity contribution in [3.8, 4) is 0 Å². The van der Waals surface area contributed by atoms with E-state index in [1.807, 2.05) is 0 Å². The van der Waals surface area contributed by atoms with E-state index < -0.39 is 43.6 Å². The number of nitrogens with zero attached hydrogens (tertiary/aromatic N) is 1. The van der Waals surface area contributed by atoms with Crippen molar-refractivity contribution in [2.75, 3.05) is 13.1 Å². The standard InChI is InChI=1S/C14H22F6NO3P/c1-11(2,3)10-9-12(13(15,16)17,14(18,19)20)24-25(22,23-10)21-7-5-4-6-8-21/h10H,4-9H2,1-3H3/t10-,25+/m0/s1. The fourth-order valence-corrected chi connectivity index (χ4v) is 5.37. The maximum atomic E-state index is 13.5. The molecule has 0 aromatic rings. The summed E-state index contributed by atoms with van der Waals surface area (Å²) >= 11 is 0. The maximum Gasteiger partial charge on any atom is 0.427 e. The van der Waals surface area contributed by atoms with Gasteiger partial charge in [-0.25, -0.2) is 9.24 Å². The van der Waals surface area contributed by atoms with Gasteiger partial charge in [0.25, 0.3) is 5.60 Å². The minimum absolute atomic E-state index is 0.0694. The molecule has 0 bridgehead atoms. The summed E-state index contributed by atoms with van der Waals surface area (Å²) in [6, 6.07) is 0. The van der Waals surface area contributed by atoms with E-state index in [1.54, 1.807) is 0 Å². The molecule has 0 spiro atoms. The Kier molecular flexibility index (Phi) is 5.37. The van der Waals surface area contributed by atoms with Crippen LogP contribution in [0.25, 0.3) is 0 Å². The van der Waals surface area contributed by atoms with Gasteiger partial charge < -0.3 is 0 Å². The summed E-state index contributed by atoms with van der Waals surface area (Å²) in [6.07, 6.45) is -12.8. The third-order valence-corrected chi connectivity index (χ3v) is 6.72. The molecule has 2 aliphatic rings. The van der Waals surface area contributed by atoms with Gasteiger partial charge in [-0.05, 0) is 18.3 Å². The molecule has 25 heavy (non-hydrogen) atoms. The largest absolute Gasteiger partial charge is 0.427 e. The summed E-state index contributed by atoms with van der Waals surface area (Å²) < 4.78 is 105. The molecule has 2 saturated heterocycles. The average molecular weight is 397 g/mol. The van der Waals surface area contributed by atoms with Gasteiger partial charge in [0.05, 0.1) is 6.10 Å². The van der Waals surface area contributed by atoms with Crippen LogP contribution in [0.4, 0.5) is 26.3 Å². The Hall–Kier alpha value is -0.310. The van der Waals surface area contributed by atoms with Crippen molar-refractivity contribution < 1.29 is 40.0 Å². The Morgan fingerprint density at radius 1 is 0.960 bits per heavy atom. The van der Waals surface area contributed by atoms with Gasteiger partial charge in [-0.15, -0.1) is 0 Å². The van der Waals surface area contributed by atoms with Crippen LogP contribution >= 0.6 is 7.75 Å². The van der Waals surface area contributed by atoms with Crippen LogP contribution in [0.2, 0.25) is 0 Å². The Morgan fingerprint density at radius 3 is 1.84 bits per heavy atom. The molecule has 0 saturated carbocycles. The second-order valence-electron chi connectivity index (χ2n) is 7.56. The fraction of sp³-hybridized carbons (Fsp3) is 1.00. The average Bonchev–Trinajstić information content (AvgIpc) is 2.44. The van der Waals surface area contributed by atoms with E-state index >= 15 is 0 Å². The molecule has 2 rings (SSSR count). The Balaban J connectivity index is 2.54. The third kappa shape index (κ3) is 3.87. The summed E-state index contributed by atoms with van der Waals surface area (Å²) in [7, 11) is -4.76. The highest BCUT2D eigenvalue weighted by molar-refractivity contribution is 7.51. The molecule has 0 amide bonds. The van der Waals surface area contributed by atoms with Gasteiger partial charge in [-0.3, -0.25) is 9.05 Å². The van der Waals surface area contributed by atoms with E-state index in [0.717, 1.165) is 11.1 Å². The molecule has 2 heterocycles. The molecule has 11 heteroatoms. The lowest BCUT2D eigenvalue weighted by molar-refractivity contribution is -0.375. The second kappa shape index (κ2) is 6.39. The van der Waals surface area contributed by atoms with Gasteiger partial charge in [-0.2, -0.15) is 26.3 Å². The Bertz CT molecular complexity index is 522. The summed E-state index contributed by atoms with van der Waals surface area (Å²) in [6.45, 7) is 4.48. The van der Waals surface area contributed by atoms with Crippen molar-refractivity contribution in [1.82, 2.24) is 4.67 Å². The van der Waals surface area contributed by atoms with Gasteiger partial charge in [0, 0.05) is 19.5 Å². The molecule has 4 nitrogen and oxygen atoms in total. The van der Waals surface area contributed by atoms with E-state index in [1.165, 1.54) is 20.8 Å². The topological polar surface area (TPSA) is 38.8 Å². The van der Waals surface area contributed by atoms with E-state index in [2.05, 4.69) is 4.52 Å². The Labute approximate surface area is 142 Å². The third-order valence-electron chi connectivity index (χ3n) is 4.57. The van der Waals surface area contributed by atoms with Crippen LogP contribution in [0.15, 0.2) is 0 Å². The van der Waals surface area contributed by atoms with Crippen molar-refractivity contribution in [2.45, 2.75) is 70.5 Å². The number of hydrogen-bond acceptors (Lipinski definition) is 3. The lowest BCUT2D eigenvalue weighted by Gasteiger charge is -2.50. The van der Waals surface area contributed by atoms with Crippen molar-refractivity contribution in [1.29, 1.82) is 0 Å². The van der Waals surface area contributed by atoms with Gasteiger partial charge in [0.15, 0.2) is 0 Å². The first kappa shape index (κ1) is 21.0. The van der Waals surface area contributed by atoms with Gasteiger partial charge in [0.2, 0.25) is 0 Å². The van der Waals surface area contributed by atoms with E-state index in [4.69, 9.17) is 4.52 Å². The molecule has 148 valence electrons. The number of hydrogen-bond donors (Lipinski definition) is 0. The zero-order chi connectivity index (χ0) is 19.3. The summed E-state index contributed by atoms with van der Waals surface area (Å²) in [4.78, 5) is 0. The van der Waals surface area contributed by atoms with Crippen LogP contribution in [0.3, 0.4) is 0 Å².